The number of carbonyl (C=O) groups is 1. The van der Waals surface area contributed by atoms with Crippen molar-refractivity contribution in [1.29, 1.82) is 21.0 Å². The molecule has 1 aromatic carbocycles. The van der Waals surface area contributed by atoms with Gasteiger partial charge in [-0.3, -0.25) is 0 Å². The predicted molar refractivity (Wildman–Crippen MR) is 88.2 cm³/mol. The van der Waals surface area contributed by atoms with E-state index in [-0.39, 0.29) is 46.3 Å². The molecule has 0 saturated heterocycles. The van der Waals surface area contributed by atoms with Crippen molar-refractivity contribution in [1.82, 2.24) is 0 Å². The third-order valence-corrected chi connectivity index (χ3v) is 3.04. The highest BCUT2D eigenvalue weighted by molar-refractivity contribution is 5.81. The molecule has 128 valence electrons. The third-order valence-electron chi connectivity index (χ3n) is 3.04. The molecule has 0 aliphatic rings. The maximum atomic E-state index is 11.0. The first kappa shape index (κ1) is 19.8. The van der Waals surface area contributed by atoms with Gasteiger partial charge >= 0.3 is 5.97 Å². The Balaban J connectivity index is 3.54. The van der Waals surface area contributed by atoms with Gasteiger partial charge in [-0.25, -0.2) is 4.79 Å². The molecule has 0 aliphatic carbocycles. The molecule has 0 saturated carbocycles. The van der Waals surface area contributed by atoms with Gasteiger partial charge in [0.1, 0.15) is 60.1 Å². The Bertz CT molecular complexity index is 982. The normalized spacial score (nSPS) is 8.65. The van der Waals surface area contributed by atoms with Crippen LogP contribution in [-0.2, 0) is 9.53 Å². The smallest absolute Gasteiger partial charge is 0.330 e. The van der Waals surface area contributed by atoms with Crippen molar-refractivity contribution in [2.75, 3.05) is 20.3 Å². The maximum absolute atomic E-state index is 11.0. The number of rotatable bonds is 6. The Kier molecular flexibility index (Phi) is 7.44. The summed E-state index contributed by atoms with van der Waals surface area (Å²) in [5.41, 5.74) is -0.477. The number of ether oxygens (including phenoxy) is 3. The highest BCUT2D eigenvalue weighted by Gasteiger charge is 2.11. The molecule has 0 unspecified atom stereocenters. The monoisotopic (exact) mass is 348 g/mol. The molecular formula is C18H12N4O4. The minimum absolute atomic E-state index is 0.0663. The number of benzene rings is 1. The summed E-state index contributed by atoms with van der Waals surface area (Å²) in [6.45, 7) is 3.07. The van der Waals surface area contributed by atoms with Crippen LogP contribution in [0.15, 0.2) is 24.8 Å². The van der Waals surface area contributed by atoms with Gasteiger partial charge in [0.05, 0.1) is 7.11 Å². The Labute approximate surface area is 149 Å². The number of carbonyl (C=O) groups excluding carboxylic acids is 1. The van der Waals surface area contributed by atoms with E-state index in [2.05, 4.69) is 6.58 Å². The molecule has 0 fully saturated rings. The van der Waals surface area contributed by atoms with E-state index in [0.29, 0.717) is 0 Å². The minimum atomic E-state index is -0.630. The lowest BCUT2D eigenvalue weighted by atomic mass is 10.1. The number of hydrogen-bond donors (Lipinski definition) is 0. The van der Waals surface area contributed by atoms with Crippen LogP contribution in [0.4, 0.5) is 0 Å². The summed E-state index contributed by atoms with van der Waals surface area (Å²) < 4.78 is 15.4. The SMILES string of the molecule is C=CC(=O)OCCOc1cc(=C(C#N)C#N)c(OC)cc1=C(C#N)C#N. The number of nitrogens with zero attached hydrogens (tertiary/aromatic N) is 4. The molecule has 8 heteroatoms. The second kappa shape index (κ2) is 9.78. The fourth-order valence-corrected chi connectivity index (χ4v) is 1.88. The van der Waals surface area contributed by atoms with Crippen molar-refractivity contribution in [3.8, 4) is 35.8 Å². The van der Waals surface area contributed by atoms with Gasteiger partial charge in [-0.05, 0) is 12.1 Å². The second-order valence-corrected chi connectivity index (χ2v) is 4.47. The largest absolute Gasteiger partial charge is 0.496 e. The van der Waals surface area contributed by atoms with Crippen LogP contribution in [0.1, 0.15) is 0 Å². The minimum Gasteiger partial charge on any atom is -0.496 e. The molecule has 0 radical (unpaired) electrons. The van der Waals surface area contributed by atoms with Gasteiger partial charge in [0.25, 0.3) is 0 Å². The van der Waals surface area contributed by atoms with Crippen LogP contribution >= 0.6 is 0 Å². The van der Waals surface area contributed by atoms with Crippen LogP contribution in [-0.4, -0.2) is 26.3 Å². The van der Waals surface area contributed by atoms with Gasteiger partial charge in [-0.2, -0.15) is 21.0 Å². The standard InChI is InChI=1S/C18H12N4O4/c1-3-18(23)26-5-4-25-17-7-14(12(8-19)9-20)16(24-2)6-15(17)13(10-21)11-22/h3,6-7H,1,4-5H2,2H3. The van der Waals surface area contributed by atoms with Crippen molar-refractivity contribution in [2.45, 2.75) is 0 Å². The zero-order valence-electron chi connectivity index (χ0n) is 13.8. The van der Waals surface area contributed by atoms with Crippen LogP contribution in [0.2, 0.25) is 0 Å². The van der Waals surface area contributed by atoms with Gasteiger partial charge in [0.2, 0.25) is 0 Å². The molecule has 0 aliphatic heterocycles. The molecule has 0 heterocycles. The molecular weight excluding hydrogens is 336 g/mol. The molecule has 0 aromatic heterocycles. The summed E-state index contributed by atoms with van der Waals surface area (Å²) in [5.74, 6) is -0.432. The van der Waals surface area contributed by atoms with Crippen molar-refractivity contribution < 1.29 is 19.0 Å². The summed E-state index contributed by atoms with van der Waals surface area (Å²) in [6.07, 6.45) is 0.995. The number of methoxy groups -OCH3 is 1. The first-order chi connectivity index (χ1) is 12.6. The van der Waals surface area contributed by atoms with Crippen LogP contribution in [0.25, 0.3) is 11.1 Å². The van der Waals surface area contributed by atoms with Gasteiger partial charge in [0, 0.05) is 16.5 Å². The first-order valence-corrected chi connectivity index (χ1v) is 7.05. The average molecular weight is 348 g/mol. The Hall–Kier alpha value is -4.27. The number of esters is 1. The zero-order valence-corrected chi connectivity index (χ0v) is 13.8. The van der Waals surface area contributed by atoms with E-state index in [9.17, 15) is 4.79 Å². The van der Waals surface area contributed by atoms with Crippen LogP contribution < -0.4 is 19.9 Å². The summed E-state index contributed by atoms with van der Waals surface area (Å²) >= 11 is 0. The van der Waals surface area contributed by atoms with Crippen molar-refractivity contribution in [3.05, 3.63) is 35.2 Å². The lowest BCUT2D eigenvalue weighted by Crippen LogP contribution is -2.21. The average Bonchev–Trinajstić information content (AvgIpc) is 2.67. The summed E-state index contributed by atoms with van der Waals surface area (Å²) in [5, 5.41) is 36.7. The number of nitriles is 4. The van der Waals surface area contributed by atoms with Crippen molar-refractivity contribution in [2.24, 2.45) is 0 Å². The van der Waals surface area contributed by atoms with Crippen molar-refractivity contribution >= 4 is 17.1 Å². The number of hydrogen-bond acceptors (Lipinski definition) is 8. The first-order valence-electron chi connectivity index (χ1n) is 7.05. The summed E-state index contributed by atoms with van der Waals surface area (Å²) in [7, 11) is 1.32. The maximum Gasteiger partial charge on any atom is 0.330 e. The van der Waals surface area contributed by atoms with E-state index < -0.39 is 5.97 Å². The van der Waals surface area contributed by atoms with Crippen LogP contribution in [0, 0.1) is 45.3 Å². The van der Waals surface area contributed by atoms with Crippen LogP contribution in [0.5, 0.6) is 11.5 Å². The summed E-state index contributed by atoms with van der Waals surface area (Å²) in [4.78, 5) is 11.0. The topological polar surface area (TPSA) is 140 Å². The Morgan fingerprint density at radius 3 is 1.96 bits per heavy atom. The lowest BCUT2D eigenvalue weighted by Gasteiger charge is -2.10. The molecule has 1 aromatic rings. The highest BCUT2D eigenvalue weighted by atomic mass is 16.6. The molecule has 1 rings (SSSR count). The van der Waals surface area contributed by atoms with E-state index in [1.807, 2.05) is 0 Å². The van der Waals surface area contributed by atoms with E-state index in [1.165, 1.54) is 19.2 Å². The molecule has 0 spiro atoms. The lowest BCUT2D eigenvalue weighted by molar-refractivity contribution is -0.138. The van der Waals surface area contributed by atoms with Gasteiger partial charge in [0.15, 0.2) is 0 Å². The van der Waals surface area contributed by atoms with Gasteiger partial charge in [-0.1, -0.05) is 6.58 Å². The molecule has 0 N–H and O–H groups in total. The van der Waals surface area contributed by atoms with Crippen molar-refractivity contribution in [3.63, 3.8) is 0 Å². The second-order valence-electron chi connectivity index (χ2n) is 4.47. The molecule has 0 bridgehead atoms. The van der Waals surface area contributed by atoms with E-state index in [1.54, 1.807) is 24.3 Å². The molecule has 0 atom stereocenters. The van der Waals surface area contributed by atoms with E-state index in [4.69, 9.17) is 35.3 Å². The Morgan fingerprint density at radius 2 is 1.50 bits per heavy atom. The highest BCUT2D eigenvalue weighted by Crippen LogP contribution is 2.10. The van der Waals surface area contributed by atoms with Gasteiger partial charge in [-0.15, -0.1) is 0 Å². The zero-order chi connectivity index (χ0) is 19.5. The predicted octanol–water partition coefficient (Wildman–Crippen LogP) is 0.199. The fraction of sp³-hybridized carbons (Fsp3) is 0.167. The van der Waals surface area contributed by atoms with Gasteiger partial charge < -0.3 is 14.2 Å². The van der Waals surface area contributed by atoms with Crippen LogP contribution in [0.3, 0.4) is 0 Å². The molecule has 0 amide bonds. The molecule has 8 nitrogen and oxygen atoms in total. The Morgan fingerprint density at radius 1 is 1.00 bits per heavy atom. The molecule has 26 heavy (non-hydrogen) atoms. The van der Waals surface area contributed by atoms with E-state index in [0.717, 1.165) is 6.08 Å². The third kappa shape index (κ3) is 4.61. The quantitative estimate of drug-likeness (QED) is 0.403. The van der Waals surface area contributed by atoms with E-state index >= 15 is 0 Å². The summed E-state index contributed by atoms with van der Waals surface area (Å²) in [6, 6.07) is 9.61. The fourth-order valence-electron chi connectivity index (χ4n) is 1.88.